The summed E-state index contributed by atoms with van der Waals surface area (Å²) in [4.78, 5) is 39.5. The molecule has 8 nitrogen and oxygen atoms in total. The SMILES string of the molecule is CC(C)CCNc1nc(C(=O)O[C@@H](C)C(=O)NC(=O)NC(C)C)cs1. The Bertz CT molecular complexity index is 601. The summed E-state index contributed by atoms with van der Waals surface area (Å²) in [7, 11) is 0. The summed E-state index contributed by atoms with van der Waals surface area (Å²) in [6, 6.07) is -0.740. The number of nitrogens with zero attached hydrogens (tertiary/aromatic N) is 1. The van der Waals surface area contributed by atoms with E-state index in [1.807, 2.05) is 0 Å². The van der Waals surface area contributed by atoms with Gasteiger partial charge >= 0.3 is 12.0 Å². The molecule has 0 aromatic carbocycles. The van der Waals surface area contributed by atoms with Crippen molar-refractivity contribution >= 4 is 34.4 Å². The van der Waals surface area contributed by atoms with E-state index in [2.05, 4.69) is 34.8 Å². The van der Waals surface area contributed by atoms with E-state index < -0.39 is 24.0 Å². The number of rotatable bonds is 8. The van der Waals surface area contributed by atoms with Crippen LogP contribution in [-0.2, 0) is 9.53 Å². The molecule has 9 heteroatoms. The van der Waals surface area contributed by atoms with Crippen LogP contribution in [0.4, 0.5) is 9.93 Å². The standard InChI is InChI=1S/C16H26N4O4S/c1-9(2)6-7-17-16-19-12(8-25-16)14(22)24-11(5)13(21)20-15(23)18-10(3)4/h8-11H,6-7H2,1-5H3,(H,17,19)(H2,18,20,21,23)/t11-/m0/s1. The van der Waals surface area contributed by atoms with Crippen molar-refractivity contribution in [1.29, 1.82) is 0 Å². The Hall–Kier alpha value is -2.16. The van der Waals surface area contributed by atoms with Gasteiger partial charge in [0.15, 0.2) is 16.9 Å². The number of hydrogen-bond acceptors (Lipinski definition) is 7. The molecule has 1 atom stereocenters. The zero-order chi connectivity index (χ0) is 19.0. The number of urea groups is 1. The fraction of sp³-hybridized carbons (Fsp3) is 0.625. The number of esters is 1. The molecule has 0 aliphatic heterocycles. The van der Waals surface area contributed by atoms with Crippen molar-refractivity contribution in [2.24, 2.45) is 5.92 Å². The summed E-state index contributed by atoms with van der Waals surface area (Å²) in [6.45, 7) is 9.94. The quantitative estimate of drug-likeness (QED) is 0.606. The van der Waals surface area contributed by atoms with Gasteiger partial charge in [0.1, 0.15) is 0 Å². The number of anilines is 1. The summed E-state index contributed by atoms with van der Waals surface area (Å²) >= 11 is 1.29. The summed E-state index contributed by atoms with van der Waals surface area (Å²) in [5, 5.41) is 9.96. The number of thiazole rings is 1. The number of carbonyl (C=O) groups is 3. The maximum Gasteiger partial charge on any atom is 0.358 e. The van der Waals surface area contributed by atoms with Gasteiger partial charge in [-0.15, -0.1) is 11.3 Å². The van der Waals surface area contributed by atoms with Crippen molar-refractivity contribution in [3.8, 4) is 0 Å². The first kappa shape index (κ1) is 20.9. The highest BCUT2D eigenvalue weighted by molar-refractivity contribution is 7.13. The minimum atomic E-state index is -1.11. The van der Waals surface area contributed by atoms with E-state index >= 15 is 0 Å². The molecule has 0 aliphatic carbocycles. The predicted molar refractivity (Wildman–Crippen MR) is 96.7 cm³/mol. The van der Waals surface area contributed by atoms with Crippen LogP contribution in [-0.4, -0.2) is 41.6 Å². The topological polar surface area (TPSA) is 109 Å². The van der Waals surface area contributed by atoms with E-state index in [1.54, 1.807) is 19.2 Å². The molecular weight excluding hydrogens is 344 g/mol. The average molecular weight is 370 g/mol. The second-order valence-corrected chi connectivity index (χ2v) is 7.17. The van der Waals surface area contributed by atoms with E-state index in [1.165, 1.54) is 18.3 Å². The van der Waals surface area contributed by atoms with Gasteiger partial charge < -0.3 is 15.4 Å². The molecule has 0 bridgehead atoms. The van der Waals surface area contributed by atoms with Gasteiger partial charge in [0.05, 0.1) is 0 Å². The lowest BCUT2D eigenvalue weighted by Crippen LogP contribution is -2.46. The lowest BCUT2D eigenvalue weighted by Gasteiger charge is -2.13. The normalized spacial score (nSPS) is 12.0. The highest BCUT2D eigenvalue weighted by atomic mass is 32.1. The molecule has 1 heterocycles. The Morgan fingerprint density at radius 2 is 1.88 bits per heavy atom. The van der Waals surface area contributed by atoms with Crippen LogP contribution in [0.1, 0.15) is 51.5 Å². The number of hydrogen-bond donors (Lipinski definition) is 3. The van der Waals surface area contributed by atoms with E-state index in [0.29, 0.717) is 11.0 Å². The minimum absolute atomic E-state index is 0.109. The molecule has 0 radical (unpaired) electrons. The van der Waals surface area contributed by atoms with Crippen LogP contribution in [0.25, 0.3) is 0 Å². The third kappa shape index (κ3) is 7.97. The summed E-state index contributed by atoms with van der Waals surface area (Å²) in [5.74, 6) is -0.832. The molecule has 140 valence electrons. The minimum Gasteiger partial charge on any atom is -0.448 e. The molecule has 0 unspecified atom stereocenters. The van der Waals surface area contributed by atoms with Crippen molar-refractivity contribution in [3.05, 3.63) is 11.1 Å². The molecule has 0 saturated heterocycles. The van der Waals surface area contributed by atoms with Gasteiger partial charge in [-0.1, -0.05) is 13.8 Å². The summed E-state index contributed by atoms with van der Waals surface area (Å²) < 4.78 is 5.05. The van der Waals surface area contributed by atoms with Gasteiger partial charge in [0, 0.05) is 18.0 Å². The van der Waals surface area contributed by atoms with Crippen LogP contribution in [0.15, 0.2) is 5.38 Å². The largest absolute Gasteiger partial charge is 0.448 e. The Labute approximate surface area is 151 Å². The van der Waals surface area contributed by atoms with Gasteiger partial charge in [-0.25, -0.2) is 14.6 Å². The van der Waals surface area contributed by atoms with E-state index in [4.69, 9.17) is 4.74 Å². The molecule has 1 aromatic rings. The number of carbonyl (C=O) groups excluding carboxylic acids is 3. The fourth-order valence-corrected chi connectivity index (χ4v) is 2.41. The maximum absolute atomic E-state index is 12.0. The van der Waals surface area contributed by atoms with Crippen molar-refractivity contribution in [2.45, 2.75) is 53.2 Å². The Morgan fingerprint density at radius 3 is 2.48 bits per heavy atom. The second kappa shape index (κ2) is 9.97. The lowest BCUT2D eigenvalue weighted by molar-refractivity contribution is -0.127. The van der Waals surface area contributed by atoms with Crippen molar-refractivity contribution in [3.63, 3.8) is 0 Å². The van der Waals surface area contributed by atoms with Gasteiger partial charge in [0.25, 0.3) is 5.91 Å². The smallest absolute Gasteiger partial charge is 0.358 e. The van der Waals surface area contributed by atoms with Crippen molar-refractivity contribution in [1.82, 2.24) is 15.6 Å². The van der Waals surface area contributed by atoms with Crippen LogP contribution in [0.3, 0.4) is 0 Å². The number of nitrogens with one attached hydrogen (secondary N) is 3. The van der Waals surface area contributed by atoms with E-state index in [0.717, 1.165) is 13.0 Å². The number of amides is 3. The molecule has 0 spiro atoms. The van der Waals surface area contributed by atoms with Crippen LogP contribution >= 0.6 is 11.3 Å². The van der Waals surface area contributed by atoms with Crippen molar-refractivity contribution in [2.75, 3.05) is 11.9 Å². The lowest BCUT2D eigenvalue weighted by atomic mass is 10.1. The Kier molecular flexibility index (Phi) is 8.33. The average Bonchev–Trinajstić information content (AvgIpc) is 2.94. The molecule has 3 N–H and O–H groups in total. The predicted octanol–water partition coefficient (Wildman–Crippen LogP) is 2.38. The molecular formula is C16H26N4O4S. The van der Waals surface area contributed by atoms with E-state index in [-0.39, 0.29) is 11.7 Å². The molecule has 1 rings (SSSR count). The number of ether oxygens (including phenoxy) is 1. The molecule has 3 amide bonds. The summed E-state index contributed by atoms with van der Waals surface area (Å²) in [5.41, 5.74) is 0.128. The molecule has 0 saturated carbocycles. The summed E-state index contributed by atoms with van der Waals surface area (Å²) in [6.07, 6.45) is -0.112. The maximum atomic E-state index is 12.0. The molecule has 1 aromatic heterocycles. The third-order valence-corrected chi connectivity index (χ3v) is 3.82. The van der Waals surface area contributed by atoms with Gasteiger partial charge in [-0.05, 0) is 33.1 Å². The first-order chi connectivity index (χ1) is 11.7. The molecule has 0 fully saturated rings. The number of aromatic nitrogens is 1. The van der Waals surface area contributed by atoms with Gasteiger partial charge in [-0.2, -0.15) is 0 Å². The first-order valence-electron chi connectivity index (χ1n) is 8.20. The third-order valence-electron chi connectivity index (χ3n) is 3.02. The van der Waals surface area contributed by atoms with Crippen LogP contribution in [0.2, 0.25) is 0 Å². The Balaban J connectivity index is 2.48. The highest BCUT2D eigenvalue weighted by Crippen LogP contribution is 2.17. The first-order valence-corrected chi connectivity index (χ1v) is 9.08. The zero-order valence-electron chi connectivity index (χ0n) is 15.2. The number of imide groups is 1. The van der Waals surface area contributed by atoms with Gasteiger partial charge in [0.2, 0.25) is 0 Å². The fourth-order valence-electron chi connectivity index (χ4n) is 1.70. The van der Waals surface area contributed by atoms with Crippen LogP contribution in [0, 0.1) is 5.92 Å². The zero-order valence-corrected chi connectivity index (χ0v) is 16.0. The van der Waals surface area contributed by atoms with Crippen LogP contribution < -0.4 is 16.0 Å². The molecule has 25 heavy (non-hydrogen) atoms. The second-order valence-electron chi connectivity index (χ2n) is 6.31. The molecule has 0 aliphatic rings. The monoisotopic (exact) mass is 370 g/mol. The van der Waals surface area contributed by atoms with E-state index in [9.17, 15) is 14.4 Å². The van der Waals surface area contributed by atoms with Crippen molar-refractivity contribution < 1.29 is 19.1 Å². The highest BCUT2D eigenvalue weighted by Gasteiger charge is 2.22. The van der Waals surface area contributed by atoms with Gasteiger partial charge in [-0.3, -0.25) is 10.1 Å². The van der Waals surface area contributed by atoms with Crippen LogP contribution in [0.5, 0.6) is 0 Å². The Morgan fingerprint density at radius 1 is 1.20 bits per heavy atom.